The summed E-state index contributed by atoms with van der Waals surface area (Å²) in [4.78, 5) is 42.4. The molecule has 0 radical (unpaired) electrons. The first-order chi connectivity index (χ1) is 12.9. The van der Waals surface area contributed by atoms with Crippen LogP contribution in [0.3, 0.4) is 0 Å². The Balaban J connectivity index is 1.41. The van der Waals surface area contributed by atoms with Crippen LogP contribution in [0.2, 0.25) is 0 Å². The van der Waals surface area contributed by atoms with E-state index in [0.29, 0.717) is 33.8 Å². The molecule has 0 unspecified atom stereocenters. The van der Waals surface area contributed by atoms with E-state index in [1.165, 1.54) is 0 Å². The van der Waals surface area contributed by atoms with Gasteiger partial charge in [0.2, 0.25) is 5.91 Å². The van der Waals surface area contributed by atoms with Crippen molar-refractivity contribution in [3.05, 3.63) is 59.0 Å². The van der Waals surface area contributed by atoms with Crippen molar-refractivity contribution in [2.45, 2.75) is 20.3 Å². The lowest BCUT2D eigenvalue weighted by atomic mass is 10.1. The molecule has 7 heteroatoms. The smallest absolute Gasteiger partial charge is 0.261 e. The third-order valence-electron chi connectivity index (χ3n) is 4.47. The summed E-state index contributed by atoms with van der Waals surface area (Å²) in [6, 6.07) is 10.3. The Morgan fingerprint density at radius 1 is 1.07 bits per heavy atom. The Morgan fingerprint density at radius 3 is 2.67 bits per heavy atom. The quantitative estimate of drug-likeness (QED) is 0.719. The first-order valence-electron chi connectivity index (χ1n) is 8.56. The number of nitrogens with zero attached hydrogens (tertiary/aromatic N) is 2. The SMILES string of the molecule is Cc1ccc2c(c1)C(=O)N(CCC(=O)Nc1ccc3oc(C)nc3c1)C2=O. The summed E-state index contributed by atoms with van der Waals surface area (Å²) >= 11 is 0. The Hall–Kier alpha value is -3.48. The van der Waals surface area contributed by atoms with Gasteiger partial charge in [-0.1, -0.05) is 11.6 Å². The van der Waals surface area contributed by atoms with Crippen LogP contribution in [0.5, 0.6) is 0 Å². The summed E-state index contributed by atoms with van der Waals surface area (Å²) in [7, 11) is 0. The Morgan fingerprint density at radius 2 is 1.85 bits per heavy atom. The van der Waals surface area contributed by atoms with Crippen LogP contribution in [0.25, 0.3) is 11.1 Å². The lowest BCUT2D eigenvalue weighted by Gasteiger charge is -2.13. The minimum absolute atomic E-state index is 0.0142. The standard InChI is InChI=1S/C20H17N3O4/c1-11-3-5-14-15(9-11)20(26)23(19(14)25)8-7-18(24)22-13-4-6-17-16(10-13)21-12(2)27-17/h3-6,9-10H,7-8H2,1-2H3,(H,22,24). The van der Waals surface area contributed by atoms with Gasteiger partial charge in [-0.3, -0.25) is 19.3 Å². The van der Waals surface area contributed by atoms with Crippen LogP contribution in [0.4, 0.5) is 5.69 Å². The molecule has 136 valence electrons. The van der Waals surface area contributed by atoms with Crippen LogP contribution in [-0.4, -0.2) is 34.2 Å². The Bertz CT molecular complexity index is 1100. The summed E-state index contributed by atoms with van der Waals surface area (Å²) in [5.41, 5.74) is 3.57. The molecule has 0 fully saturated rings. The van der Waals surface area contributed by atoms with Crippen LogP contribution >= 0.6 is 0 Å². The van der Waals surface area contributed by atoms with Crippen LogP contribution in [0.15, 0.2) is 40.8 Å². The second kappa shape index (κ2) is 6.35. The molecule has 27 heavy (non-hydrogen) atoms. The number of hydrogen-bond donors (Lipinski definition) is 1. The monoisotopic (exact) mass is 363 g/mol. The number of carbonyl (C=O) groups is 3. The van der Waals surface area contributed by atoms with E-state index in [4.69, 9.17) is 4.42 Å². The summed E-state index contributed by atoms with van der Waals surface area (Å²) in [5, 5.41) is 2.76. The second-order valence-electron chi connectivity index (χ2n) is 6.52. The molecule has 0 spiro atoms. The first-order valence-corrected chi connectivity index (χ1v) is 8.56. The minimum Gasteiger partial charge on any atom is -0.441 e. The fraction of sp³-hybridized carbons (Fsp3) is 0.200. The predicted molar refractivity (Wildman–Crippen MR) is 98.5 cm³/mol. The van der Waals surface area contributed by atoms with Gasteiger partial charge in [-0.25, -0.2) is 4.98 Å². The number of fused-ring (bicyclic) bond motifs is 2. The molecule has 2 aromatic carbocycles. The molecule has 3 aromatic rings. The molecule has 3 amide bonds. The summed E-state index contributed by atoms with van der Waals surface area (Å²) in [6.07, 6.45) is 0.0142. The van der Waals surface area contributed by atoms with Gasteiger partial charge in [0.05, 0.1) is 11.1 Å². The van der Waals surface area contributed by atoms with Gasteiger partial charge in [-0.15, -0.1) is 0 Å². The number of aromatic nitrogens is 1. The number of hydrogen-bond acceptors (Lipinski definition) is 5. The van der Waals surface area contributed by atoms with Crippen molar-refractivity contribution in [3.8, 4) is 0 Å². The van der Waals surface area contributed by atoms with Crippen molar-refractivity contribution in [2.24, 2.45) is 0 Å². The highest BCUT2D eigenvalue weighted by atomic mass is 16.3. The highest BCUT2D eigenvalue weighted by Gasteiger charge is 2.35. The number of nitrogens with one attached hydrogen (secondary N) is 1. The number of carbonyl (C=O) groups excluding carboxylic acids is 3. The van der Waals surface area contributed by atoms with Gasteiger partial charge in [0.15, 0.2) is 11.5 Å². The topological polar surface area (TPSA) is 92.5 Å². The molecule has 0 bridgehead atoms. The lowest BCUT2D eigenvalue weighted by molar-refractivity contribution is -0.116. The Kier molecular flexibility index (Phi) is 3.99. The van der Waals surface area contributed by atoms with Crippen molar-refractivity contribution < 1.29 is 18.8 Å². The van der Waals surface area contributed by atoms with Gasteiger partial charge in [0.1, 0.15) is 5.52 Å². The number of rotatable bonds is 4. The van der Waals surface area contributed by atoms with Gasteiger partial charge >= 0.3 is 0 Å². The van der Waals surface area contributed by atoms with Crippen molar-refractivity contribution in [1.82, 2.24) is 9.88 Å². The normalized spacial score (nSPS) is 13.3. The minimum atomic E-state index is -0.359. The van der Waals surface area contributed by atoms with E-state index >= 15 is 0 Å². The summed E-state index contributed by atoms with van der Waals surface area (Å²) in [5.74, 6) is -0.454. The molecule has 7 nitrogen and oxygen atoms in total. The van der Waals surface area contributed by atoms with Crippen LogP contribution < -0.4 is 5.32 Å². The molecular weight excluding hydrogens is 346 g/mol. The molecule has 4 rings (SSSR count). The number of anilines is 1. The van der Waals surface area contributed by atoms with Gasteiger partial charge in [-0.2, -0.15) is 0 Å². The molecule has 0 atom stereocenters. The van der Waals surface area contributed by atoms with Gasteiger partial charge in [0.25, 0.3) is 11.8 Å². The van der Waals surface area contributed by atoms with Crippen LogP contribution in [0, 0.1) is 13.8 Å². The molecule has 0 saturated heterocycles. The number of amides is 3. The first kappa shape index (κ1) is 17.0. The molecular formula is C20H17N3O4. The molecule has 1 aromatic heterocycles. The fourth-order valence-electron chi connectivity index (χ4n) is 3.16. The van der Waals surface area contributed by atoms with Crippen LogP contribution in [0.1, 0.15) is 38.6 Å². The van der Waals surface area contributed by atoms with Crippen molar-refractivity contribution in [2.75, 3.05) is 11.9 Å². The zero-order valence-corrected chi connectivity index (χ0v) is 14.9. The van der Waals surface area contributed by atoms with Crippen molar-refractivity contribution >= 4 is 34.5 Å². The second-order valence-corrected chi connectivity index (χ2v) is 6.52. The van der Waals surface area contributed by atoms with Crippen molar-refractivity contribution in [1.29, 1.82) is 0 Å². The maximum absolute atomic E-state index is 12.4. The van der Waals surface area contributed by atoms with E-state index in [-0.39, 0.29) is 30.7 Å². The molecule has 1 N–H and O–H groups in total. The fourth-order valence-corrected chi connectivity index (χ4v) is 3.16. The molecule has 1 aliphatic rings. The number of oxazole rings is 1. The lowest BCUT2D eigenvalue weighted by Crippen LogP contribution is -2.32. The average molecular weight is 363 g/mol. The molecule has 1 aliphatic heterocycles. The van der Waals surface area contributed by atoms with E-state index in [2.05, 4.69) is 10.3 Å². The maximum atomic E-state index is 12.4. The van der Waals surface area contributed by atoms with E-state index in [1.807, 2.05) is 6.92 Å². The van der Waals surface area contributed by atoms with E-state index in [0.717, 1.165) is 10.5 Å². The molecule has 2 heterocycles. The molecule has 0 aliphatic carbocycles. The summed E-state index contributed by atoms with van der Waals surface area (Å²) in [6.45, 7) is 3.64. The van der Waals surface area contributed by atoms with Gasteiger partial charge in [0, 0.05) is 25.6 Å². The Labute approximate surface area is 155 Å². The zero-order valence-electron chi connectivity index (χ0n) is 14.9. The van der Waals surface area contributed by atoms with Crippen molar-refractivity contribution in [3.63, 3.8) is 0 Å². The predicted octanol–water partition coefficient (Wildman–Crippen LogP) is 3.07. The third-order valence-corrected chi connectivity index (χ3v) is 4.47. The number of aryl methyl sites for hydroxylation is 2. The third kappa shape index (κ3) is 3.08. The molecule has 0 saturated carbocycles. The average Bonchev–Trinajstić information content (AvgIpc) is 3.10. The van der Waals surface area contributed by atoms with Crippen LogP contribution in [-0.2, 0) is 4.79 Å². The largest absolute Gasteiger partial charge is 0.441 e. The summed E-state index contributed by atoms with van der Waals surface area (Å²) < 4.78 is 5.40. The zero-order chi connectivity index (χ0) is 19.1. The number of benzene rings is 2. The van der Waals surface area contributed by atoms with E-state index in [9.17, 15) is 14.4 Å². The van der Waals surface area contributed by atoms with E-state index < -0.39 is 0 Å². The highest BCUT2D eigenvalue weighted by molar-refractivity contribution is 6.21. The van der Waals surface area contributed by atoms with E-state index in [1.54, 1.807) is 43.3 Å². The maximum Gasteiger partial charge on any atom is 0.261 e. The number of imide groups is 1. The highest BCUT2D eigenvalue weighted by Crippen LogP contribution is 2.24. The van der Waals surface area contributed by atoms with Gasteiger partial charge < -0.3 is 9.73 Å². The van der Waals surface area contributed by atoms with Gasteiger partial charge in [-0.05, 0) is 37.3 Å².